The van der Waals surface area contributed by atoms with Crippen molar-refractivity contribution in [3.8, 4) is 16.9 Å². The summed E-state index contributed by atoms with van der Waals surface area (Å²) >= 11 is 0. The zero-order valence-electron chi connectivity index (χ0n) is 14.7. The second kappa shape index (κ2) is 7.59. The van der Waals surface area contributed by atoms with E-state index in [1.54, 1.807) is 0 Å². The molecule has 2 aromatic rings. The normalized spacial score (nSPS) is 22.9. The quantitative estimate of drug-likeness (QED) is 0.895. The van der Waals surface area contributed by atoms with E-state index in [9.17, 15) is 0 Å². The number of fused-ring (bicyclic) bond motifs is 1. The first-order valence-corrected chi connectivity index (χ1v) is 9.52. The lowest BCUT2D eigenvalue weighted by atomic mass is 9.93. The summed E-state index contributed by atoms with van der Waals surface area (Å²) in [7, 11) is 0. The van der Waals surface area contributed by atoms with Gasteiger partial charge in [0.2, 0.25) is 0 Å². The van der Waals surface area contributed by atoms with Gasteiger partial charge in [-0.2, -0.15) is 0 Å². The van der Waals surface area contributed by atoms with Crippen molar-refractivity contribution in [1.82, 2.24) is 0 Å². The van der Waals surface area contributed by atoms with Gasteiger partial charge >= 0.3 is 0 Å². The number of aryl methyl sites for hydroxylation is 1. The minimum atomic E-state index is 0.200. The van der Waals surface area contributed by atoms with Crippen LogP contribution in [0.3, 0.4) is 0 Å². The van der Waals surface area contributed by atoms with Crippen LogP contribution in [-0.4, -0.2) is 18.8 Å². The van der Waals surface area contributed by atoms with Gasteiger partial charge in [0, 0.05) is 6.04 Å². The van der Waals surface area contributed by atoms with Gasteiger partial charge in [0.1, 0.15) is 5.75 Å². The van der Waals surface area contributed by atoms with Crippen molar-refractivity contribution < 1.29 is 9.47 Å². The molecule has 0 bridgehead atoms. The molecule has 1 saturated carbocycles. The van der Waals surface area contributed by atoms with E-state index in [-0.39, 0.29) is 12.1 Å². The summed E-state index contributed by atoms with van der Waals surface area (Å²) in [5.74, 6) is 1.05. The highest BCUT2D eigenvalue weighted by atomic mass is 16.5. The minimum absolute atomic E-state index is 0.200. The molecule has 0 aromatic heterocycles. The largest absolute Gasteiger partial charge is 0.493 e. The van der Waals surface area contributed by atoms with Crippen LogP contribution in [0.4, 0.5) is 0 Å². The van der Waals surface area contributed by atoms with Crippen molar-refractivity contribution in [3.63, 3.8) is 0 Å². The lowest BCUT2D eigenvalue weighted by Gasteiger charge is -2.28. The maximum Gasteiger partial charge on any atom is 0.122 e. The third kappa shape index (κ3) is 3.88. The first kappa shape index (κ1) is 16.6. The van der Waals surface area contributed by atoms with E-state index in [0.29, 0.717) is 6.61 Å². The van der Waals surface area contributed by atoms with E-state index < -0.39 is 0 Å². The molecule has 1 aliphatic heterocycles. The van der Waals surface area contributed by atoms with Crippen LogP contribution in [0.25, 0.3) is 11.1 Å². The van der Waals surface area contributed by atoms with Crippen LogP contribution < -0.4 is 10.5 Å². The van der Waals surface area contributed by atoms with E-state index in [1.807, 2.05) is 0 Å². The molecule has 2 aliphatic rings. The third-order valence-electron chi connectivity index (χ3n) is 5.41. The van der Waals surface area contributed by atoms with E-state index in [1.165, 1.54) is 35.1 Å². The fourth-order valence-corrected chi connectivity index (χ4v) is 3.87. The summed E-state index contributed by atoms with van der Waals surface area (Å²) < 4.78 is 11.8. The molecule has 2 atom stereocenters. The molecule has 1 aliphatic carbocycles. The molecule has 25 heavy (non-hydrogen) atoms. The molecule has 2 aromatic carbocycles. The number of hydrogen-bond acceptors (Lipinski definition) is 3. The van der Waals surface area contributed by atoms with E-state index in [0.717, 1.165) is 38.0 Å². The highest BCUT2D eigenvalue weighted by Crippen LogP contribution is 2.30. The third-order valence-corrected chi connectivity index (χ3v) is 5.41. The van der Waals surface area contributed by atoms with Crippen molar-refractivity contribution in [2.45, 2.75) is 57.3 Å². The molecule has 1 heterocycles. The van der Waals surface area contributed by atoms with Gasteiger partial charge in [0.05, 0.1) is 19.3 Å². The Hall–Kier alpha value is -1.84. The molecular weight excluding hydrogens is 310 g/mol. The molecule has 4 rings (SSSR count). The molecule has 1 fully saturated rings. The lowest BCUT2D eigenvalue weighted by Crippen LogP contribution is -2.39. The zero-order chi connectivity index (χ0) is 17.1. The Kier molecular flexibility index (Phi) is 5.04. The molecular formula is C22H27NO2. The van der Waals surface area contributed by atoms with E-state index in [4.69, 9.17) is 15.2 Å². The van der Waals surface area contributed by atoms with Gasteiger partial charge in [0.15, 0.2) is 0 Å². The van der Waals surface area contributed by atoms with Gasteiger partial charge in [-0.15, -0.1) is 0 Å². The predicted octanol–water partition coefficient (Wildman–Crippen LogP) is 4.47. The number of benzene rings is 2. The summed E-state index contributed by atoms with van der Waals surface area (Å²) in [5.41, 5.74) is 11.2. The highest BCUT2D eigenvalue weighted by Gasteiger charge is 2.22. The Morgan fingerprint density at radius 1 is 0.960 bits per heavy atom. The topological polar surface area (TPSA) is 44.5 Å². The van der Waals surface area contributed by atoms with Gasteiger partial charge in [0.25, 0.3) is 0 Å². The first-order chi connectivity index (χ1) is 12.3. The second-order valence-electron chi connectivity index (χ2n) is 7.27. The molecule has 3 heteroatoms. The van der Waals surface area contributed by atoms with Crippen LogP contribution in [-0.2, 0) is 17.8 Å². The van der Waals surface area contributed by atoms with Crippen molar-refractivity contribution in [1.29, 1.82) is 0 Å². The molecule has 3 nitrogen and oxygen atoms in total. The smallest absolute Gasteiger partial charge is 0.122 e. The van der Waals surface area contributed by atoms with Gasteiger partial charge in [-0.25, -0.2) is 0 Å². The molecule has 132 valence electrons. The maximum atomic E-state index is 6.16. The summed E-state index contributed by atoms with van der Waals surface area (Å²) in [6.45, 7) is 1.49. The Morgan fingerprint density at radius 2 is 1.76 bits per heavy atom. The Morgan fingerprint density at radius 3 is 2.60 bits per heavy atom. The fourth-order valence-electron chi connectivity index (χ4n) is 3.87. The summed E-state index contributed by atoms with van der Waals surface area (Å²) in [4.78, 5) is 0. The number of ether oxygens (including phenoxy) is 2. The Bertz CT molecular complexity index is 710. The maximum absolute atomic E-state index is 6.16. The average Bonchev–Trinajstić information content (AvgIpc) is 2.67. The zero-order valence-corrected chi connectivity index (χ0v) is 14.7. The standard InChI is InChI=1S/C22H27NO2/c23-20-5-1-2-6-22(20)25-15-16-7-9-17(10-8-16)18-11-12-21-19(14-18)4-3-13-24-21/h7-12,14,20,22H,1-6,13,15,23H2. The monoisotopic (exact) mass is 337 g/mol. The van der Waals surface area contributed by atoms with Gasteiger partial charge in [-0.1, -0.05) is 43.2 Å². The number of rotatable bonds is 4. The minimum Gasteiger partial charge on any atom is -0.493 e. The van der Waals surface area contributed by atoms with E-state index in [2.05, 4.69) is 42.5 Å². The van der Waals surface area contributed by atoms with Crippen LogP contribution in [0, 0.1) is 0 Å². The summed E-state index contributed by atoms with van der Waals surface area (Å²) in [6.07, 6.45) is 7.09. The predicted molar refractivity (Wildman–Crippen MR) is 101 cm³/mol. The van der Waals surface area contributed by atoms with Crippen LogP contribution in [0.5, 0.6) is 5.75 Å². The molecule has 0 radical (unpaired) electrons. The van der Waals surface area contributed by atoms with Crippen molar-refractivity contribution in [2.24, 2.45) is 5.73 Å². The first-order valence-electron chi connectivity index (χ1n) is 9.52. The average molecular weight is 337 g/mol. The van der Waals surface area contributed by atoms with Gasteiger partial charge in [-0.05, 0) is 60.1 Å². The fraction of sp³-hybridized carbons (Fsp3) is 0.455. The van der Waals surface area contributed by atoms with Crippen molar-refractivity contribution in [3.05, 3.63) is 53.6 Å². The Labute approximate surface area is 150 Å². The molecule has 2 unspecified atom stereocenters. The summed E-state index contributed by atoms with van der Waals surface area (Å²) in [6, 6.07) is 15.4. The molecule has 0 saturated heterocycles. The SMILES string of the molecule is NC1CCCCC1OCc1ccc(-c2ccc3c(c2)CCCO3)cc1. The lowest BCUT2D eigenvalue weighted by molar-refractivity contribution is 0.00405. The van der Waals surface area contributed by atoms with Crippen molar-refractivity contribution >= 4 is 0 Å². The molecule has 0 spiro atoms. The van der Waals surface area contributed by atoms with Gasteiger partial charge < -0.3 is 15.2 Å². The number of nitrogens with two attached hydrogens (primary N) is 1. The number of hydrogen-bond donors (Lipinski definition) is 1. The van der Waals surface area contributed by atoms with Crippen LogP contribution in [0.1, 0.15) is 43.2 Å². The van der Waals surface area contributed by atoms with Crippen molar-refractivity contribution in [2.75, 3.05) is 6.61 Å². The molecule has 0 amide bonds. The molecule has 2 N–H and O–H groups in total. The van der Waals surface area contributed by atoms with E-state index >= 15 is 0 Å². The second-order valence-corrected chi connectivity index (χ2v) is 7.27. The summed E-state index contributed by atoms with van der Waals surface area (Å²) in [5, 5.41) is 0. The van der Waals surface area contributed by atoms with Crippen LogP contribution in [0.2, 0.25) is 0 Å². The van der Waals surface area contributed by atoms with Crippen LogP contribution in [0.15, 0.2) is 42.5 Å². The Balaban J connectivity index is 1.41. The van der Waals surface area contributed by atoms with Crippen LogP contribution >= 0.6 is 0 Å². The van der Waals surface area contributed by atoms with Gasteiger partial charge in [-0.3, -0.25) is 0 Å². The highest BCUT2D eigenvalue weighted by molar-refractivity contribution is 5.66.